The summed E-state index contributed by atoms with van der Waals surface area (Å²) in [7, 11) is 0. The lowest BCUT2D eigenvalue weighted by Crippen LogP contribution is -2.20. The van der Waals surface area contributed by atoms with Crippen molar-refractivity contribution >= 4 is 41.9 Å². The number of hydrogen-bond donors (Lipinski definition) is 1. The number of carbonyl (C=O) groups is 1. The van der Waals surface area contributed by atoms with Gasteiger partial charge in [0.1, 0.15) is 0 Å². The molecule has 1 aliphatic carbocycles. The maximum Gasteiger partial charge on any atom is 0.185 e. The minimum atomic E-state index is 0.0296. The predicted octanol–water partition coefficient (Wildman–Crippen LogP) is 7.81. The van der Waals surface area contributed by atoms with Crippen molar-refractivity contribution in [3.63, 3.8) is 0 Å². The summed E-state index contributed by atoms with van der Waals surface area (Å²) in [6.07, 6.45) is 12.4. The molecule has 0 spiro atoms. The van der Waals surface area contributed by atoms with Gasteiger partial charge in [-0.25, -0.2) is 0 Å². The molecule has 1 aliphatic rings. The number of thiol groups is 1. The first-order valence-corrected chi connectivity index (χ1v) is 10.4. The second-order valence-corrected chi connectivity index (χ2v) is 7.79. The minimum absolute atomic E-state index is 0.0296. The van der Waals surface area contributed by atoms with Gasteiger partial charge in [-0.1, -0.05) is 95.2 Å². The van der Waals surface area contributed by atoms with Crippen molar-refractivity contribution in [1.29, 1.82) is 0 Å². The molecule has 32 heavy (non-hydrogen) atoms. The van der Waals surface area contributed by atoms with Gasteiger partial charge < -0.3 is 0 Å². The largest absolute Gasteiger partial charge is 0.289 e. The molecule has 0 radical (unpaired) electrons. The Balaban J connectivity index is 1.70. The van der Waals surface area contributed by atoms with Crippen LogP contribution in [-0.4, -0.2) is 11.0 Å². The fourth-order valence-electron chi connectivity index (χ4n) is 3.22. The van der Waals surface area contributed by atoms with E-state index in [2.05, 4.69) is 32.7 Å². The molecule has 1 saturated carbocycles. The van der Waals surface area contributed by atoms with Crippen LogP contribution in [0.4, 0.5) is 11.4 Å². The molecule has 2 aromatic rings. The van der Waals surface area contributed by atoms with Crippen LogP contribution in [-0.2, 0) is 4.79 Å². The molecule has 0 aromatic heterocycles. The van der Waals surface area contributed by atoms with Crippen molar-refractivity contribution in [2.24, 2.45) is 10.2 Å². The van der Waals surface area contributed by atoms with Gasteiger partial charge in [0.15, 0.2) is 5.78 Å². The quantitative estimate of drug-likeness (QED) is 0.159. The topological polar surface area (TPSA) is 115 Å². The Kier molecular flexibility index (Phi) is 8.12. The number of hydrogen-bond acceptors (Lipinski definition) is 4. The summed E-state index contributed by atoms with van der Waals surface area (Å²) < 4.78 is 0. The standard InChI is InChI=1S/C24H20N6OS/c25-29-27-21-11-7-17(8-12-21)3-1-5-19-15-23(32)16-20(24(19)31)6-2-4-18-9-13-22(14-10-18)28-30-26/h1-14,23,32H,15-16H2/b3-1+,4-2+,19-5+,20-6+. The van der Waals surface area contributed by atoms with E-state index in [0.29, 0.717) is 24.2 Å². The van der Waals surface area contributed by atoms with Crippen LogP contribution in [0.3, 0.4) is 0 Å². The van der Waals surface area contributed by atoms with Crippen LogP contribution in [0.25, 0.3) is 33.0 Å². The summed E-state index contributed by atoms with van der Waals surface area (Å²) in [6, 6.07) is 14.3. The molecule has 0 heterocycles. The Morgan fingerprint density at radius 3 is 1.56 bits per heavy atom. The van der Waals surface area contributed by atoms with E-state index in [-0.39, 0.29) is 11.0 Å². The molecule has 0 N–H and O–H groups in total. The fraction of sp³-hybridized carbons (Fsp3) is 0.125. The van der Waals surface area contributed by atoms with Crippen LogP contribution in [0.2, 0.25) is 0 Å². The monoisotopic (exact) mass is 440 g/mol. The molecule has 2 aromatic carbocycles. The number of carbonyl (C=O) groups excluding carboxylic acids is 1. The lowest BCUT2D eigenvalue weighted by Gasteiger charge is -2.21. The molecular weight excluding hydrogens is 420 g/mol. The molecule has 1 fully saturated rings. The van der Waals surface area contributed by atoms with E-state index >= 15 is 0 Å². The van der Waals surface area contributed by atoms with Gasteiger partial charge in [-0.2, -0.15) is 12.6 Å². The van der Waals surface area contributed by atoms with Crippen molar-refractivity contribution < 1.29 is 4.79 Å². The summed E-state index contributed by atoms with van der Waals surface area (Å²) in [5.41, 5.74) is 21.3. The van der Waals surface area contributed by atoms with Gasteiger partial charge in [-0.05, 0) is 35.0 Å². The lowest BCUT2D eigenvalue weighted by molar-refractivity contribution is -0.112. The van der Waals surface area contributed by atoms with E-state index in [1.165, 1.54) is 0 Å². The molecule has 0 saturated heterocycles. The van der Waals surface area contributed by atoms with Gasteiger partial charge in [0.25, 0.3) is 0 Å². The average molecular weight is 441 g/mol. The molecule has 158 valence electrons. The second kappa shape index (κ2) is 11.4. The Bertz CT molecular complexity index is 1100. The van der Waals surface area contributed by atoms with Crippen molar-refractivity contribution in [3.05, 3.63) is 116 Å². The predicted molar refractivity (Wildman–Crippen MR) is 132 cm³/mol. The van der Waals surface area contributed by atoms with Crippen molar-refractivity contribution in [2.75, 3.05) is 0 Å². The lowest BCUT2D eigenvalue weighted by atomic mass is 9.88. The molecule has 0 aliphatic heterocycles. The summed E-state index contributed by atoms with van der Waals surface area (Å²) in [6.45, 7) is 0. The first-order chi connectivity index (χ1) is 15.6. The smallest absolute Gasteiger partial charge is 0.185 e. The van der Waals surface area contributed by atoms with Crippen molar-refractivity contribution in [1.82, 2.24) is 0 Å². The Labute approximate surface area is 191 Å². The molecule has 0 atom stereocenters. The van der Waals surface area contributed by atoms with Gasteiger partial charge in [-0.3, -0.25) is 4.79 Å². The molecule has 7 nitrogen and oxygen atoms in total. The third-order valence-corrected chi connectivity index (χ3v) is 5.14. The molecule has 3 rings (SSSR count). The molecule has 8 heteroatoms. The molecule has 0 bridgehead atoms. The van der Waals surface area contributed by atoms with E-state index in [1.807, 2.05) is 60.7 Å². The summed E-state index contributed by atoms with van der Waals surface area (Å²) >= 11 is 4.61. The van der Waals surface area contributed by atoms with Gasteiger partial charge in [0.05, 0.1) is 0 Å². The summed E-state index contributed by atoms with van der Waals surface area (Å²) in [5, 5.41) is 7.17. The van der Waals surface area contributed by atoms with Gasteiger partial charge in [0.2, 0.25) is 0 Å². The number of Topliss-reactive ketones (excluding diaryl/α,β-unsaturated/α-hetero) is 1. The van der Waals surface area contributed by atoms with E-state index in [0.717, 1.165) is 22.3 Å². The van der Waals surface area contributed by atoms with Crippen molar-refractivity contribution in [3.8, 4) is 0 Å². The third kappa shape index (κ3) is 6.52. The Hall–Kier alpha value is -3.96. The van der Waals surface area contributed by atoms with Gasteiger partial charge >= 0.3 is 0 Å². The molecule has 0 amide bonds. The Morgan fingerprint density at radius 1 is 0.781 bits per heavy atom. The number of benzene rings is 2. The number of allylic oxidation sites excluding steroid dienone is 6. The highest BCUT2D eigenvalue weighted by Gasteiger charge is 2.24. The normalized spacial score (nSPS) is 18.8. The Morgan fingerprint density at radius 2 is 1.19 bits per heavy atom. The van der Waals surface area contributed by atoms with Crippen molar-refractivity contribution in [2.45, 2.75) is 18.1 Å². The van der Waals surface area contributed by atoms with Gasteiger partial charge in [0, 0.05) is 37.6 Å². The van der Waals surface area contributed by atoms with Crippen LogP contribution in [0.1, 0.15) is 24.0 Å². The zero-order valence-corrected chi connectivity index (χ0v) is 18.0. The number of nitrogens with zero attached hydrogens (tertiary/aromatic N) is 6. The van der Waals surface area contributed by atoms with Crippen LogP contribution in [0.5, 0.6) is 0 Å². The first kappa shape index (κ1) is 22.7. The summed E-state index contributed by atoms with van der Waals surface area (Å²) in [4.78, 5) is 18.4. The number of ketones is 1. The van der Waals surface area contributed by atoms with Crippen LogP contribution in [0.15, 0.2) is 94.2 Å². The van der Waals surface area contributed by atoms with E-state index in [9.17, 15) is 4.79 Å². The number of azide groups is 2. The maximum absolute atomic E-state index is 12.9. The molecule has 0 unspecified atom stereocenters. The van der Waals surface area contributed by atoms with Crippen LogP contribution in [0, 0.1) is 0 Å². The fourth-order valence-corrected chi connectivity index (χ4v) is 3.61. The van der Waals surface area contributed by atoms with Gasteiger partial charge in [-0.15, -0.1) is 0 Å². The summed E-state index contributed by atoms with van der Waals surface area (Å²) in [5.74, 6) is 0.0296. The van der Waals surface area contributed by atoms with E-state index in [1.54, 1.807) is 24.3 Å². The van der Waals surface area contributed by atoms with Crippen LogP contribution < -0.4 is 0 Å². The minimum Gasteiger partial charge on any atom is -0.289 e. The van der Waals surface area contributed by atoms with E-state index in [4.69, 9.17) is 11.1 Å². The zero-order valence-electron chi connectivity index (χ0n) is 17.1. The SMILES string of the molecule is [N-]=[N+]=Nc1ccc(/C=C/C=C2\CC(S)C/C(=C\C=C\c3ccc(N=[N+]=[N-])cc3)C2=O)cc1. The zero-order chi connectivity index (χ0) is 22.8. The second-order valence-electron chi connectivity index (χ2n) is 7.06. The number of rotatable bonds is 6. The molecular formula is C24H20N6OS. The average Bonchev–Trinajstić information content (AvgIpc) is 2.79. The third-order valence-electron chi connectivity index (χ3n) is 4.77. The highest BCUT2D eigenvalue weighted by molar-refractivity contribution is 7.81. The first-order valence-electron chi connectivity index (χ1n) is 9.86. The highest BCUT2D eigenvalue weighted by Crippen LogP contribution is 2.29. The van der Waals surface area contributed by atoms with E-state index < -0.39 is 0 Å². The maximum atomic E-state index is 12.9. The highest BCUT2D eigenvalue weighted by atomic mass is 32.1. The van der Waals surface area contributed by atoms with Crippen LogP contribution >= 0.6 is 12.6 Å².